The lowest BCUT2D eigenvalue weighted by molar-refractivity contribution is -0.124. The lowest BCUT2D eigenvalue weighted by Crippen LogP contribution is -2.27. The van der Waals surface area contributed by atoms with Gasteiger partial charge in [0.1, 0.15) is 17.6 Å². The van der Waals surface area contributed by atoms with Crippen molar-refractivity contribution in [1.82, 2.24) is 0 Å². The number of carbonyl (C=O) groups excluding carboxylic acids is 1. The van der Waals surface area contributed by atoms with Crippen molar-refractivity contribution in [2.75, 3.05) is 6.61 Å². The first-order chi connectivity index (χ1) is 9.04. The van der Waals surface area contributed by atoms with Crippen molar-refractivity contribution in [3.05, 3.63) is 35.4 Å². The van der Waals surface area contributed by atoms with Gasteiger partial charge in [-0.1, -0.05) is 6.07 Å². The molecule has 19 heavy (non-hydrogen) atoms. The maximum absolute atomic E-state index is 13.7. The van der Waals surface area contributed by atoms with Gasteiger partial charge < -0.3 is 4.74 Å². The second kappa shape index (κ2) is 5.45. The van der Waals surface area contributed by atoms with Crippen LogP contribution in [0.2, 0.25) is 0 Å². The van der Waals surface area contributed by atoms with Crippen LogP contribution in [0.15, 0.2) is 18.2 Å². The number of nitriles is 1. The fraction of sp³-hybridized carbons (Fsp3) is 0.429. The average molecular weight is 265 g/mol. The molecule has 0 spiro atoms. The summed E-state index contributed by atoms with van der Waals surface area (Å²) in [5.41, 5.74) is -0.0759. The Balaban J connectivity index is 2.29. The SMILES string of the molecule is CC1OCCC1C(=O)C(C#N)c1ccc(F)cc1F. The van der Waals surface area contributed by atoms with Crippen LogP contribution in [0.1, 0.15) is 24.8 Å². The molecule has 2 rings (SSSR count). The Morgan fingerprint density at radius 1 is 1.53 bits per heavy atom. The Bertz CT molecular complexity index is 539. The molecule has 0 radical (unpaired) electrons. The Kier molecular flexibility index (Phi) is 3.91. The van der Waals surface area contributed by atoms with E-state index in [0.717, 1.165) is 12.1 Å². The zero-order chi connectivity index (χ0) is 14.0. The number of Topliss-reactive ketones (excluding diaryl/α,β-unsaturated/α-hetero) is 1. The van der Waals surface area contributed by atoms with Crippen LogP contribution in [0.4, 0.5) is 8.78 Å². The van der Waals surface area contributed by atoms with Gasteiger partial charge in [-0.05, 0) is 19.4 Å². The molecule has 1 aromatic rings. The second-order valence-electron chi connectivity index (χ2n) is 4.60. The van der Waals surface area contributed by atoms with Crippen molar-refractivity contribution >= 4 is 5.78 Å². The third kappa shape index (κ3) is 2.64. The maximum Gasteiger partial charge on any atom is 0.160 e. The third-order valence-corrected chi connectivity index (χ3v) is 3.43. The lowest BCUT2D eigenvalue weighted by atomic mass is 9.85. The molecular weight excluding hydrogens is 252 g/mol. The van der Waals surface area contributed by atoms with Crippen molar-refractivity contribution in [2.24, 2.45) is 5.92 Å². The van der Waals surface area contributed by atoms with E-state index in [0.29, 0.717) is 19.1 Å². The van der Waals surface area contributed by atoms with Crippen LogP contribution in [0.3, 0.4) is 0 Å². The Morgan fingerprint density at radius 3 is 2.79 bits per heavy atom. The van der Waals surface area contributed by atoms with Crippen molar-refractivity contribution in [3.8, 4) is 6.07 Å². The second-order valence-corrected chi connectivity index (χ2v) is 4.60. The van der Waals surface area contributed by atoms with Crippen molar-refractivity contribution in [1.29, 1.82) is 5.26 Å². The van der Waals surface area contributed by atoms with E-state index in [2.05, 4.69) is 0 Å². The standard InChI is InChI=1S/C14H13F2NO2/c1-8-10(4-5-19-8)14(18)12(7-17)11-3-2-9(15)6-13(11)16/h2-3,6,8,10,12H,4-5H2,1H3. The summed E-state index contributed by atoms with van der Waals surface area (Å²) < 4.78 is 31.8. The fourth-order valence-corrected chi connectivity index (χ4v) is 2.34. The predicted octanol–water partition coefficient (Wildman–Crippen LogP) is 2.57. The molecule has 3 atom stereocenters. The van der Waals surface area contributed by atoms with E-state index in [1.54, 1.807) is 6.92 Å². The van der Waals surface area contributed by atoms with Gasteiger partial charge in [0.15, 0.2) is 5.78 Å². The summed E-state index contributed by atoms with van der Waals surface area (Å²) in [6.07, 6.45) is 0.257. The molecule has 0 amide bonds. The molecule has 1 heterocycles. The molecule has 0 aromatic heterocycles. The number of rotatable bonds is 3. The van der Waals surface area contributed by atoms with Gasteiger partial charge in [0, 0.05) is 24.2 Å². The van der Waals surface area contributed by atoms with Crippen LogP contribution in [-0.4, -0.2) is 18.5 Å². The first-order valence-electron chi connectivity index (χ1n) is 6.04. The molecule has 1 aliphatic heterocycles. The summed E-state index contributed by atoms with van der Waals surface area (Å²) in [6, 6.07) is 4.69. The quantitative estimate of drug-likeness (QED) is 0.844. The number of halogens is 2. The molecule has 1 saturated heterocycles. The van der Waals surface area contributed by atoms with Crippen LogP contribution in [0.25, 0.3) is 0 Å². The predicted molar refractivity (Wildman–Crippen MR) is 63.2 cm³/mol. The maximum atomic E-state index is 13.7. The van der Waals surface area contributed by atoms with Crippen LogP contribution in [-0.2, 0) is 9.53 Å². The van der Waals surface area contributed by atoms with Crippen molar-refractivity contribution < 1.29 is 18.3 Å². The van der Waals surface area contributed by atoms with Gasteiger partial charge in [0.05, 0.1) is 12.2 Å². The largest absolute Gasteiger partial charge is 0.378 e. The summed E-state index contributed by atoms with van der Waals surface area (Å²) in [7, 11) is 0. The van der Waals surface area contributed by atoms with Gasteiger partial charge in [-0.25, -0.2) is 8.78 Å². The number of carbonyl (C=O) groups is 1. The molecule has 3 nitrogen and oxygen atoms in total. The van der Waals surface area contributed by atoms with Gasteiger partial charge in [-0.15, -0.1) is 0 Å². The van der Waals surface area contributed by atoms with Gasteiger partial charge in [0.2, 0.25) is 0 Å². The highest BCUT2D eigenvalue weighted by molar-refractivity contribution is 5.91. The first-order valence-corrected chi connectivity index (χ1v) is 6.04. The number of nitrogens with zero attached hydrogens (tertiary/aromatic N) is 1. The summed E-state index contributed by atoms with van der Waals surface area (Å²) >= 11 is 0. The molecular formula is C14H13F2NO2. The highest BCUT2D eigenvalue weighted by atomic mass is 19.1. The van der Waals surface area contributed by atoms with Crippen LogP contribution < -0.4 is 0 Å². The average Bonchev–Trinajstić information content (AvgIpc) is 2.78. The van der Waals surface area contributed by atoms with Gasteiger partial charge in [0.25, 0.3) is 0 Å². The Hall–Kier alpha value is -1.80. The molecule has 100 valence electrons. The Labute approximate surface area is 109 Å². The number of hydrogen-bond acceptors (Lipinski definition) is 3. The molecule has 0 saturated carbocycles. The minimum atomic E-state index is -1.21. The highest BCUT2D eigenvalue weighted by Crippen LogP contribution is 2.30. The zero-order valence-electron chi connectivity index (χ0n) is 10.4. The summed E-state index contributed by atoms with van der Waals surface area (Å²) in [5.74, 6) is -3.59. The van der Waals surface area contributed by atoms with E-state index < -0.39 is 23.5 Å². The number of ketones is 1. The topological polar surface area (TPSA) is 50.1 Å². The smallest absolute Gasteiger partial charge is 0.160 e. The van der Waals surface area contributed by atoms with Crippen LogP contribution >= 0.6 is 0 Å². The zero-order valence-corrected chi connectivity index (χ0v) is 10.4. The van der Waals surface area contributed by atoms with E-state index in [9.17, 15) is 13.6 Å². The molecule has 0 aliphatic carbocycles. The van der Waals surface area contributed by atoms with Gasteiger partial charge in [-0.3, -0.25) is 4.79 Å². The minimum absolute atomic E-state index is 0.0759. The lowest BCUT2D eigenvalue weighted by Gasteiger charge is -2.17. The monoisotopic (exact) mass is 265 g/mol. The fourth-order valence-electron chi connectivity index (χ4n) is 2.34. The van der Waals surface area contributed by atoms with Crippen molar-refractivity contribution in [2.45, 2.75) is 25.4 Å². The summed E-state index contributed by atoms with van der Waals surface area (Å²) in [5, 5.41) is 9.12. The first kappa shape index (κ1) is 13.6. The van der Waals surface area contributed by atoms with E-state index in [1.165, 1.54) is 0 Å². The minimum Gasteiger partial charge on any atom is -0.378 e. The van der Waals surface area contributed by atoms with E-state index >= 15 is 0 Å². The highest BCUT2D eigenvalue weighted by Gasteiger charge is 2.36. The van der Waals surface area contributed by atoms with E-state index in [-0.39, 0.29) is 17.5 Å². The van der Waals surface area contributed by atoms with Crippen LogP contribution in [0, 0.1) is 28.9 Å². The number of ether oxygens (including phenoxy) is 1. The van der Waals surface area contributed by atoms with Crippen molar-refractivity contribution in [3.63, 3.8) is 0 Å². The molecule has 1 aromatic carbocycles. The Morgan fingerprint density at radius 2 is 2.26 bits per heavy atom. The van der Waals surface area contributed by atoms with Gasteiger partial charge >= 0.3 is 0 Å². The molecule has 0 bridgehead atoms. The normalized spacial score (nSPS) is 23.9. The van der Waals surface area contributed by atoms with Crippen LogP contribution in [0.5, 0.6) is 0 Å². The number of benzene rings is 1. The molecule has 1 aliphatic rings. The van der Waals surface area contributed by atoms with E-state index in [4.69, 9.17) is 10.00 Å². The summed E-state index contributed by atoms with van der Waals surface area (Å²) in [4.78, 5) is 12.3. The number of hydrogen-bond donors (Lipinski definition) is 0. The summed E-state index contributed by atoms with van der Waals surface area (Å²) in [6.45, 7) is 2.21. The molecule has 0 N–H and O–H groups in total. The van der Waals surface area contributed by atoms with Gasteiger partial charge in [-0.2, -0.15) is 5.26 Å². The molecule has 5 heteroatoms. The molecule has 3 unspecified atom stereocenters. The third-order valence-electron chi connectivity index (χ3n) is 3.43. The van der Waals surface area contributed by atoms with E-state index in [1.807, 2.05) is 6.07 Å². The molecule has 1 fully saturated rings.